The number of non-ortho nitro benzene ring substituents is 1. The van der Waals surface area contributed by atoms with Gasteiger partial charge in [-0.2, -0.15) is 0 Å². The van der Waals surface area contributed by atoms with Crippen molar-refractivity contribution in [2.45, 2.75) is 76.3 Å². The summed E-state index contributed by atoms with van der Waals surface area (Å²) in [5.41, 5.74) is 0.187. The summed E-state index contributed by atoms with van der Waals surface area (Å²) in [5.74, 6) is -0.132. The van der Waals surface area contributed by atoms with Crippen LogP contribution < -0.4 is 0 Å². The van der Waals surface area contributed by atoms with E-state index in [0.29, 0.717) is 5.02 Å². The molecular formula is C19H25ClN2O3. The Morgan fingerprint density at radius 2 is 1.52 bits per heavy atom. The molecule has 136 valence electrons. The molecule has 0 N–H and O–H groups in total. The van der Waals surface area contributed by atoms with Crippen molar-refractivity contribution in [2.24, 2.45) is 0 Å². The molecule has 25 heavy (non-hydrogen) atoms. The van der Waals surface area contributed by atoms with Crippen molar-refractivity contribution in [3.8, 4) is 0 Å². The number of nitrogens with zero attached hydrogens (tertiary/aromatic N) is 2. The van der Waals surface area contributed by atoms with Crippen molar-refractivity contribution >= 4 is 23.2 Å². The number of nitro groups is 1. The van der Waals surface area contributed by atoms with Gasteiger partial charge in [-0.15, -0.1) is 0 Å². The number of carbonyl (C=O) groups is 1. The third-order valence-electron chi connectivity index (χ3n) is 5.56. The van der Waals surface area contributed by atoms with Crippen LogP contribution in [0.2, 0.25) is 5.02 Å². The smallest absolute Gasteiger partial charge is 0.270 e. The molecule has 0 aliphatic heterocycles. The quantitative estimate of drug-likeness (QED) is 0.534. The summed E-state index contributed by atoms with van der Waals surface area (Å²) in [5, 5.41) is 11.4. The molecule has 2 saturated carbocycles. The molecule has 1 aromatic rings. The fraction of sp³-hybridized carbons (Fsp3) is 0.632. The molecule has 0 bridgehead atoms. The van der Waals surface area contributed by atoms with Crippen LogP contribution in [0.5, 0.6) is 0 Å². The topological polar surface area (TPSA) is 63.4 Å². The van der Waals surface area contributed by atoms with E-state index in [4.69, 9.17) is 11.6 Å². The molecule has 2 aliphatic rings. The van der Waals surface area contributed by atoms with E-state index in [1.54, 1.807) is 0 Å². The number of hydrogen-bond acceptors (Lipinski definition) is 3. The highest BCUT2D eigenvalue weighted by atomic mass is 35.5. The van der Waals surface area contributed by atoms with Crippen molar-refractivity contribution in [2.75, 3.05) is 0 Å². The molecule has 3 rings (SSSR count). The molecule has 1 amide bonds. The lowest BCUT2D eigenvalue weighted by Gasteiger charge is -2.42. The zero-order chi connectivity index (χ0) is 17.8. The monoisotopic (exact) mass is 364 g/mol. The van der Waals surface area contributed by atoms with Crippen LogP contribution in [-0.4, -0.2) is 27.8 Å². The van der Waals surface area contributed by atoms with Gasteiger partial charge in [0.1, 0.15) is 0 Å². The summed E-state index contributed by atoms with van der Waals surface area (Å²) in [6.45, 7) is 0. The van der Waals surface area contributed by atoms with Crippen molar-refractivity contribution in [3.63, 3.8) is 0 Å². The van der Waals surface area contributed by atoms with Crippen molar-refractivity contribution < 1.29 is 9.72 Å². The summed E-state index contributed by atoms with van der Waals surface area (Å²) in [6.07, 6.45) is 11.1. The first-order valence-electron chi connectivity index (χ1n) is 9.34. The largest absolute Gasteiger partial charge is 0.333 e. The second kappa shape index (κ2) is 8.17. The fourth-order valence-electron chi connectivity index (χ4n) is 4.28. The number of benzene rings is 1. The molecule has 5 nitrogen and oxygen atoms in total. The van der Waals surface area contributed by atoms with Gasteiger partial charge in [0, 0.05) is 24.2 Å². The van der Waals surface area contributed by atoms with Gasteiger partial charge < -0.3 is 4.90 Å². The van der Waals surface area contributed by atoms with Gasteiger partial charge in [-0.1, -0.05) is 50.1 Å². The standard InChI is InChI=1S/C19H25ClN2O3/c20-18-12-11-16(22(24)25)13-17(18)19(23)21(14-7-3-1-4-8-14)15-9-5-2-6-10-15/h11-15H,1-10H2. The molecule has 0 aromatic heterocycles. The SMILES string of the molecule is O=C(c1cc([N+](=O)[O-])ccc1Cl)N(C1CCCCC1)C1CCCCC1. The molecule has 0 heterocycles. The summed E-state index contributed by atoms with van der Waals surface area (Å²) >= 11 is 6.25. The molecule has 0 radical (unpaired) electrons. The average molecular weight is 365 g/mol. The van der Waals surface area contributed by atoms with E-state index in [1.165, 1.54) is 31.0 Å². The summed E-state index contributed by atoms with van der Waals surface area (Å²) < 4.78 is 0. The van der Waals surface area contributed by atoms with Crippen LogP contribution in [0.4, 0.5) is 5.69 Å². The minimum absolute atomic E-state index is 0.0833. The van der Waals surface area contributed by atoms with Crippen molar-refractivity contribution in [1.82, 2.24) is 4.90 Å². The van der Waals surface area contributed by atoms with E-state index in [-0.39, 0.29) is 29.2 Å². The van der Waals surface area contributed by atoms with E-state index >= 15 is 0 Å². The molecule has 2 fully saturated rings. The Morgan fingerprint density at radius 1 is 1.00 bits per heavy atom. The lowest BCUT2D eigenvalue weighted by Crippen LogP contribution is -2.48. The predicted molar refractivity (Wildman–Crippen MR) is 98.0 cm³/mol. The number of halogens is 1. The average Bonchev–Trinajstić information content (AvgIpc) is 2.64. The molecule has 0 atom stereocenters. The van der Waals surface area contributed by atoms with Gasteiger partial charge >= 0.3 is 0 Å². The maximum Gasteiger partial charge on any atom is 0.270 e. The molecular weight excluding hydrogens is 340 g/mol. The predicted octanol–water partition coefficient (Wildman–Crippen LogP) is 5.36. The van der Waals surface area contributed by atoms with Crippen LogP contribution >= 0.6 is 11.6 Å². The third-order valence-corrected chi connectivity index (χ3v) is 5.89. The van der Waals surface area contributed by atoms with Gasteiger partial charge in [0.15, 0.2) is 0 Å². The fourth-order valence-corrected chi connectivity index (χ4v) is 4.48. The first-order chi connectivity index (χ1) is 12.1. The zero-order valence-corrected chi connectivity index (χ0v) is 15.2. The van der Waals surface area contributed by atoms with Crippen LogP contribution in [-0.2, 0) is 0 Å². The number of hydrogen-bond donors (Lipinski definition) is 0. The Kier molecular flexibility index (Phi) is 5.94. The molecule has 0 unspecified atom stereocenters. The maximum atomic E-state index is 13.4. The van der Waals surface area contributed by atoms with Crippen molar-refractivity contribution in [3.05, 3.63) is 38.9 Å². The van der Waals surface area contributed by atoms with Crippen molar-refractivity contribution in [1.29, 1.82) is 0 Å². The second-order valence-corrected chi connectivity index (χ2v) is 7.62. The Morgan fingerprint density at radius 3 is 2.00 bits per heavy atom. The van der Waals surface area contributed by atoms with Gasteiger partial charge in [0.2, 0.25) is 0 Å². The number of nitro benzene ring substituents is 1. The van der Waals surface area contributed by atoms with Crippen LogP contribution in [0.3, 0.4) is 0 Å². The Labute approximate surface area is 153 Å². The van der Waals surface area contributed by atoms with Gasteiger partial charge in [0.05, 0.1) is 15.5 Å². The highest BCUT2D eigenvalue weighted by Gasteiger charge is 2.34. The number of amides is 1. The molecule has 0 saturated heterocycles. The highest BCUT2D eigenvalue weighted by molar-refractivity contribution is 6.34. The molecule has 6 heteroatoms. The van der Waals surface area contributed by atoms with Crippen LogP contribution in [0.25, 0.3) is 0 Å². The lowest BCUT2D eigenvalue weighted by atomic mass is 9.88. The summed E-state index contributed by atoms with van der Waals surface area (Å²) in [6, 6.07) is 4.63. The summed E-state index contributed by atoms with van der Waals surface area (Å²) in [4.78, 5) is 26.0. The van der Waals surface area contributed by atoms with Gasteiger partial charge in [-0.3, -0.25) is 14.9 Å². The second-order valence-electron chi connectivity index (χ2n) is 7.22. The first-order valence-corrected chi connectivity index (χ1v) is 9.72. The van der Waals surface area contributed by atoms with Gasteiger partial charge in [-0.05, 0) is 31.7 Å². The minimum Gasteiger partial charge on any atom is -0.333 e. The Bertz CT molecular complexity index is 620. The van der Waals surface area contributed by atoms with E-state index in [1.807, 2.05) is 4.90 Å². The Balaban J connectivity index is 1.92. The molecule has 1 aromatic carbocycles. The summed E-state index contributed by atoms with van der Waals surface area (Å²) in [7, 11) is 0. The lowest BCUT2D eigenvalue weighted by molar-refractivity contribution is -0.384. The van der Waals surface area contributed by atoms with Gasteiger partial charge in [0.25, 0.3) is 11.6 Å². The van der Waals surface area contributed by atoms with E-state index < -0.39 is 4.92 Å². The molecule has 0 spiro atoms. The van der Waals surface area contributed by atoms with E-state index in [2.05, 4.69) is 0 Å². The van der Waals surface area contributed by atoms with Gasteiger partial charge in [-0.25, -0.2) is 0 Å². The number of rotatable bonds is 4. The maximum absolute atomic E-state index is 13.4. The Hall–Kier alpha value is -1.62. The minimum atomic E-state index is -0.474. The zero-order valence-electron chi connectivity index (χ0n) is 14.5. The highest BCUT2D eigenvalue weighted by Crippen LogP contribution is 2.33. The normalized spacial score (nSPS) is 19.6. The number of carbonyl (C=O) groups excluding carboxylic acids is 1. The molecule has 2 aliphatic carbocycles. The van der Waals surface area contributed by atoms with Crippen LogP contribution in [0.15, 0.2) is 18.2 Å². The third kappa shape index (κ3) is 4.14. The van der Waals surface area contributed by atoms with E-state index in [0.717, 1.165) is 51.4 Å². The van der Waals surface area contributed by atoms with Crippen LogP contribution in [0, 0.1) is 10.1 Å². The van der Waals surface area contributed by atoms with Crippen LogP contribution in [0.1, 0.15) is 74.6 Å². The van der Waals surface area contributed by atoms with E-state index in [9.17, 15) is 14.9 Å². The first kappa shape index (κ1) is 18.2.